The fourth-order valence-electron chi connectivity index (χ4n) is 4.09. The Morgan fingerprint density at radius 2 is 2.00 bits per heavy atom. The third kappa shape index (κ3) is 5.50. The van der Waals surface area contributed by atoms with Crippen molar-refractivity contribution in [1.82, 2.24) is 19.7 Å². The lowest BCUT2D eigenvalue weighted by Gasteiger charge is -2.34. The van der Waals surface area contributed by atoms with Gasteiger partial charge in [0.25, 0.3) is 0 Å². The molecule has 0 saturated carbocycles. The summed E-state index contributed by atoms with van der Waals surface area (Å²) < 4.78 is 20.6. The zero-order chi connectivity index (χ0) is 24.9. The number of halogens is 1. The maximum atomic E-state index is 13.7. The van der Waals surface area contributed by atoms with Crippen molar-refractivity contribution in [2.45, 2.75) is 39.7 Å². The number of amides is 2. The van der Waals surface area contributed by atoms with E-state index < -0.39 is 0 Å². The van der Waals surface area contributed by atoms with Gasteiger partial charge in [0, 0.05) is 36.8 Å². The van der Waals surface area contributed by atoms with Crippen LogP contribution in [0.4, 0.5) is 10.1 Å². The molecule has 1 aromatic heterocycles. The van der Waals surface area contributed by atoms with Gasteiger partial charge in [-0.15, -0.1) is 0 Å². The molecule has 0 N–H and O–H groups in total. The molecule has 0 radical (unpaired) electrons. The van der Waals surface area contributed by atoms with E-state index in [-0.39, 0.29) is 30.7 Å². The number of aryl methyl sites for hydroxylation is 2. The first-order chi connectivity index (χ1) is 16.9. The number of benzene rings is 2. The quantitative estimate of drug-likeness (QED) is 0.493. The Bertz CT molecular complexity index is 1230. The lowest BCUT2D eigenvalue weighted by molar-refractivity contribution is -0.137. The van der Waals surface area contributed by atoms with E-state index in [1.165, 1.54) is 6.07 Å². The van der Waals surface area contributed by atoms with Crippen molar-refractivity contribution in [3.05, 3.63) is 59.7 Å². The van der Waals surface area contributed by atoms with Gasteiger partial charge >= 0.3 is 0 Å². The van der Waals surface area contributed by atoms with Gasteiger partial charge in [-0.2, -0.15) is 5.10 Å². The average Bonchev–Trinajstić information content (AvgIpc) is 3.26. The zero-order valence-electron chi connectivity index (χ0n) is 20.3. The fourth-order valence-corrected chi connectivity index (χ4v) is 4.09. The molecule has 2 amide bonds. The number of ether oxygens (including phenoxy) is 1. The Morgan fingerprint density at radius 3 is 2.71 bits per heavy atom. The van der Waals surface area contributed by atoms with Gasteiger partial charge in [-0.05, 0) is 49.2 Å². The third-order valence-corrected chi connectivity index (χ3v) is 6.14. The summed E-state index contributed by atoms with van der Waals surface area (Å²) in [5, 5.41) is 4.57. The minimum absolute atomic E-state index is 0.000945. The first kappa shape index (κ1) is 24.4. The molecule has 2 heterocycles. The number of unbranched alkanes of at least 4 members (excludes halogenated alkanes) is 1. The molecule has 184 valence electrons. The molecule has 9 heteroatoms. The van der Waals surface area contributed by atoms with Crippen LogP contribution in [-0.4, -0.2) is 58.2 Å². The largest absolute Gasteiger partial charge is 0.497 e. The van der Waals surface area contributed by atoms with E-state index in [1.807, 2.05) is 24.3 Å². The van der Waals surface area contributed by atoms with Crippen molar-refractivity contribution in [3.8, 4) is 17.1 Å². The van der Waals surface area contributed by atoms with E-state index >= 15 is 0 Å². The van der Waals surface area contributed by atoms with Crippen LogP contribution in [0.15, 0.2) is 42.5 Å². The van der Waals surface area contributed by atoms with Crippen molar-refractivity contribution in [1.29, 1.82) is 0 Å². The lowest BCUT2D eigenvalue weighted by Crippen LogP contribution is -2.53. The highest BCUT2D eigenvalue weighted by molar-refractivity contribution is 5.98. The van der Waals surface area contributed by atoms with E-state index in [9.17, 15) is 14.0 Å². The molecule has 0 bridgehead atoms. The van der Waals surface area contributed by atoms with E-state index in [0.29, 0.717) is 48.0 Å². The van der Waals surface area contributed by atoms with Gasteiger partial charge in [-0.25, -0.2) is 14.1 Å². The molecule has 8 nitrogen and oxygen atoms in total. The van der Waals surface area contributed by atoms with E-state index in [0.717, 1.165) is 18.5 Å². The maximum Gasteiger partial charge on any atom is 0.246 e. The summed E-state index contributed by atoms with van der Waals surface area (Å²) >= 11 is 0. The Morgan fingerprint density at radius 1 is 1.17 bits per heavy atom. The molecule has 1 aliphatic rings. The van der Waals surface area contributed by atoms with Crippen LogP contribution in [0.2, 0.25) is 0 Å². The molecule has 0 atom stereocenters. The number of methoxy groups -OCH3 is 1. The number of rotatable bonds is 8. The summed E-state index contributed by atoms with van der Waals surface area (Å²) in [6.07, 6.45) is 2.57. The standard InChI is InChI=1S/C26H30FN5O3/c1-4-5-9-23-28-26(19-10-11-22(27)18(2)14-19)29-32(23)17-24(33)30-12-13-31(25(34)16-30)20-7-6-8-21(15-20)35-3/h6-8,10-11,14-15H,4-5,9,12-13,16-17H2,1-3H3. The van der Waals surface area contributed by atoms with Gasteiger partial charge in [0.1, 0.15) is 30.5 Å². The minimum atomic E-state index is -0.285. The topological polar surface area (TPSA) is 80.6 Å². The summed E-state index contributed by atoms with van der Waals surface area (Å²) in [5.74, 6) is 1.22. The summed E-state index contributed by atoms with van der Waals surface area (Å²) in [7, 11) is 1.58. The van der Waals surface area contributed by atoms with Gasteiger partial charge in [0.2, 0.25) is 11.8 Å². The fraction of sp³-hybridized carbons (Fsp3) is 0.385. The summed E-state index contributed by atoms with van der Waals surface area (Å²) in [4.78, 5) is 33.8. The Labute approximate surface area is 204 Å². The second kappa shape index (κ2) is 10.7. The lowest BCUT2D eigenvalue weighted by atomic mass is 10.1. The molecule has 0 aliphatic carbocycles. The van der Waals surface area contributed by atoms with Gasteiger partial charge < -0.3 is 14.5 Å². The summed E-state index contributed by atoms with van der Waals surface area (Å²) in [6, 6.07) is 12.1. The minimum Gasteiger partial charge on any atom is -0.497 e. The smallest absolute Gasteiger partial charge is 0.246 e. The van der Waals surface area contributed by atoms with E-state index in [4.69, 9.17) is 4.74 Å². The number of nitrogens with zero attached hydrogens (tertiary/aromatic N) is 5. The second-order valence-electron chi connectivity index (χ2n) is 8.64. The van der Waals surface area contributed by atoms with Crippen LogP contribution in [0.25, 0.3) is 11.4 Å². The second-order valence-corrected chi connectivity index (χ2v) is 8.64. The monoisotopic (exact) mass is 479 g/mol. The van der Waals surface area contributed by atoms with Gasteiger partial charge in [0.05, 0.1) is 7.11 Å². The highest BCUT2D eigenvalue weighted by Gasteiger charge is 2.29. The van der Waals surface area contributed by atoms with Crippen LogP contribution in [0.3, 0.4) is 0 Å². The van der Waals surface area contributed by atoms with Crippen LogP contribution in [-0.2, 0) is 22.6 Å². The van der Waals surface area contributed by atoms with E-state index in [2.05, 4.69) is 17.0 Å². The van der Waals surface area contributed by atoms with Gasteiger partial charge in [0.15, 0.2) is 5.82 Å². The van der Waals surface area contributed by atoms with Crippen LogP contribution >= 0.6 is 0 Å². The first-order valence-corrected chi connectivity index (χ1v) is 11.8. The molecular formula is C26H30FN5O3. The zero-order valence-corrected chi connectivity index (χ0v) is 20.3. The molecule has 3 aromatic rings. The number of anilines is 1. The SMILES string of the molecule is CCCCc1nc(-c2ccc(F)c(C)c2)nn1CC(=O)N1CCN(c2cccc(OC)c2)C(=O)C1. The Kier molecular flexibility index (Phi) is 7.43. The number of carbonyl (C=O) groups excluding carboxylic acids is 2. The van der Waals surface area contributed by atoms with Crippen molar-refractivity contribution in [2.75, 3.05) is 31.6 Å². The normalized spacial score (nSPS) is 13.9. The molecule has 1 saturated heterocycles. The Hall–Kier alpha value is -3.75. The number of aromatic nitrogens is 3. The predicted molar refractivity (Wildman–Crippen MR) is 131 cm³/mol. The molecule has 2 aromatic carbocycles. The predicted octanol–water partition coefficient (Wildman–Crippen LogP) is 3.62. The number of hydrogen-bond acceptors (Lipinski definition) is 5. The molecule has 0 spiro atoms. The molecule has 0 unspecified atom stereocenters. The number of hydrogen-bond donors (Lipinski definition) is 0. The van der Waals surface area contributed by atoms with Gasteiger partial charge in [-0.1, -0.05) is 19.4 Å². The molecule has 35 heavy (non-hydrogen) atoms. The number of piperazine rings is 1. The molecular weight excluding hydrogens is 449 g/mol. The van der Waals surface area contributed by atoms with Crippen LogP contribution in [0.1, 0.15) is 31.2 Å². The van der Waals surface area contributed by atoms with Crippen molar-refractivity contribution in [2.24, 2.45) is 0 Å². The maximum absolute atomic E-state index is 13.7. The summed E-state index contributed by atoms with van der Waals surface area (Å²) in [5.41, 5.74) is 1.96. The van der Waals surface area contributed by atoms with E-state index in [1.54, 1.807) is 40.6 Å². The van der Waals surface area contributed by atoms with Crippen LogP contribution < -0.4 is 9.64 Å². The molecule has 4 rings (SSSR count). The van der Waals surface area contributed by atoms with Crippen molar-refractivity contribution >= 4 is 17.5 Å². The van der Waals surface area contributed by atoms with Crippen LogP contribution in [0.5, 0.6) is 5.75 Å². The number of carbonyl (C=O) groups is 2. The Balaban J connectivity index is 1.48. The third-order valence-electron chi connectivity index (χ3n) is 6.14. The van der Waals surface area contributed by atoms with Crippen LogP contribution in [0, 0.1) is 12.7 Å². The van der Waals surface area contributed by atoms with Crippen molar-refractivity contribution in [3.63, 3.8) is 0 Å². The first-order valence-electron chi connectivity index (χ1n) is 11.8. The molecule has 1 fully saturated rings. The highest BCUT2D eigenvalue weighted by atomic mass is 19.1. The highest BCUT2D eigenvalue weighted by Crippen LogP contribution is 2.23. The van der Waals surface area contributed by atoms with Gasteiger partial charge in [-0.3, -0.25) is 9.59 Å². The summed E-state index contributed by atoms with van der Waals surface area (Å²) in [6.45, 7) is 4.60. The molecule has 1 aliphatic heterocycles. The average molecular weight is 480 g/mol. The van der Waals surface area contributed by atoms with Crippen molar-refractivity contribution < 1.29 is 18.7 Å².